The van der Waals surface area contributed by atoms with E-state index in [1.807, 2.05) is 37.5 Å². The highest BCUT2D eigenvalue weighted by Crippen LogP contribution is 2.31. The number of hydrogen-bond acceptors (Lipinski definition) is 3. The maximum Gasteiger partial charge on any atom is 0.227 e. The van der Waals surface area contributed by atoms with Gasteiger partial charge in [-0.25, -0.2) is 0 Å². The minimum Gasteiger partial charge on any atom is -0.497 e. The highest BCUT2D eigenvalue weighted by molar-refractivity contribution is 14.1. The van der Waals surface area contributed by atoms with Gasteiger partial charge in [-0.05, 0) is 34.2 Å². The number of aryl methyl sites for hydroxylation is 1. The van der Waals surface area contributed by atoms with E-state index in [0.29, 0.717) is 17.2 Å². The number of nitrogens with zero attached hydrogens (tertiary/aromatic N) is 2. The molecule has 0 radical (unpaired) electrons. The molecule has 6 heteroatoms. The summed E-state index contributed by atoms with van der Waals surface area (Å²) in [7, 11) is 5.24. The van der Waals surface area contributed by atoms with Crippen molar-refractivity contribution in [2.24, 2.45) is 7.05 Å². The Hall–Kier alpha value is -2.48. The highest BCUT2D eigenvalue weighted by Gasteiger charge is 2.14. The topological polar surface area (TPSA) is 43.7 Å². The van der Waals surface area contributed by atoms with Gasteiger partial charge in [0.05, 0.1) is 19.9 Å². The molecule has 0 fully saturated rings. The molecule has 3 rings (SSSR count). The Morgan fingerprint density at radius 1 is 1.14 bits per heavy atom. The van der Waals surface area contributed by atoms with Crippen molar-refractivity contribution in [2.75, 3.05) is 19.1 Å². The van der Waals surface area contributed by atoms with Gasteiger partial charge < -0.3 is 14.0 Å². The van der Waals surface area contributed by atoms with Gasteiger partial charge in [-0.3, -0.25) is 9.69 Å². The lowest BCUT2D eigenvalue weighted by molar-refractivity contribution is -0.116. The van der Waals surface area contributed by atoms with Gasteiger partial charge in [-0.1, -0.05) is 18.2 Å². The molecule has 0 saturated heterocycles. The molecule has 0 spiro atoms. The summed E-state index contributed by atoms with van der Waals surface area (Å²) in [6.07, 6.45) is 4.76. The number of allylic oxidation sites excluding steroid dienone is 1. The third kappa shape index (κ3) is 4.32. The van der Waals surface area contributed by atoms with Gasteiger partial charge >= 0.3 is 0 Å². The Kier molecular flexibility index (Phi) is 6.28. The summed E-state index contributed by atoms with van der Waals surface area (Å²) in [5, 5.41) is 1.23. The van der Waals surface area contributed by atoms with Crippen molar-refractivity contribution >= 4 is 45.1 Å². The molecular weight excluding hydrogens is 467 g/mol. The van der Waals surface area contributed by atoms with Crippen LogP contribution in [0.4, 0.5) is 5.69 Å². The number of para-hydroxylation sites is 1. The van der Waals surface area contributed by atoms with Gasteiger partial charge in [0, 0.05) is 65.5 Å². The summed E-state index contributed by atoms with van der Waals surface area (Å²) < 4.78 is 13.8. The summed E-state index contributed by atoms with van der Waals surface area (Å²) in [4.78, 5) is 14.0. The molecule has 1 amide bonds. The van der Waals surface area contributed by atoms with Crippen LogP contribution in [0.3, 0.4) is 0 Å². The van der Waals surface area contributed by atoms with E-state index in [9.17, 15) is 4.79 Å². The molecule has 1 aromatic heterocycles. The largest absolute Gasteiger partial charge is 0.497 e. The van der Waals surface area contributed by atoms with E-state index in [-0.39, 0.29) is 5.91 Å². The summed E-state index contributed by atoms with van der Waals surface area (Å²) in [5.41, 5.74) is 3.13. The molecule has 5 nitrogen and oxygen atoms in total. The van der Waals surface area contributed by atoms with Crippen molar-refractivity contribution in [2.45, 2.75) is 13.3 Å². The van der Waals surface area contributed by atoms with Gasteiger partial charge in [0.2, 0.25) is 5.91 Å². The second-order valence-electron chi connectivity index (χ2n) is 6.50. The molecule has 0 aliphatic rings. The lowest BCUT2D eigenvalue weighted by Gasteiger charge is -2.19. The molecule has 0 N–H and O–H groups in total. The van der Waals surface area contributed by atoms with Crippen molar-refractivity contribution in [3.8, 4) is 11.5 Å². The van der Waals surface area contributed by atoms with Crippen LogP contribution in [0.2, 0.25) is 0 Å². The molecule has 0 bridgehead atoms. The van der Waals surface area contributed by atoms with Gasteiger partial charge in [-0.15, -0.1) is 0 Å². The van der Waals surface area contributed by atoms with Crippen LogP contribution < -0.4 is 14.4 Å². The lowest BCUT2D eigenvalue weighted by Crippen LogP contribution is -2.22. The Bertz CT molecular complexity index is 1020. The van der Waals surface area contributed by atoms with Crippen LogP contribution in [0, 0.1) is 0 Å². The fraction of sp³-hybridized carbons (Fsp3) is 0.227. The first kappa shape index (κ1) is 20.3. The number of anilines is 1. The van der Waals surface area contributed by atoms with Crippen LogP contribution in [0.25, 0.3) is 10.9 Å². The highest BCUT2D eigenvalue weighted by atomic mass is 127. The van der Waals surface area contributed by atoms with Crippen LogP contribution in [-0.2, 0) is 18.3 Å². The quantitative estimate of drug-likeness (QED) is 0.454. The van der Waals surface area contributed by atoms with Crippen molar-refractivity contribution < 1.29 is 14.3 Å². The normalized spacial score (nSPS) is 11.5. The lowest BCUT2D eigenvalue weighted by atomic mass is 10.1. The smallest absolute Gasteiger partial charge is 0.227 e. The van der Waals surface area contributed by atoms with Crippen LogP contribution in [0.5, 0.6) is 11.5 Å². The summed E-state index contributed by atoms with van der Waals surface area (Å²) >= 11 is 2.29. The van der Waals surface area contributed by atoms with E-state index in [1.165, 1.54) is 16.5 Å². The molecule has 2 aromatic carbocycles. The zero-order valence-electron chi connectivity index (χ0n) is 16.4. The van der Waals surface area contributed by atoms with Gasteiger partial charge in [0.1, 0.15) is 11.5 Å². The maximum absolute atomic E-state index is 12.3. The number of benzene rings is 2. The zero-order valence-corrected chi connectivity index (χ0v) is 18.6. The van der Waals surface area contributed by atoms with E-state index in [0.717, 1.165) is 10.0 Å². The molecule has 0 saturated carbocycles. The molecule has 0 atom stereocenters. The van der Waals surface area contributed by atoms with Crippen LogP contribution in [-0.4, -0.2) is 24.7 Å². The van der Waals surface area contributed by atoms with E-state index in [2.05, 4.69) is 45.5 Å². The average Bonchev–Trinajstić information content (AvgIpc) is 3.01. The summed E-state index contributed by atoms with van der Waals surface area (Å²) in [5.74, 6) is 1.19. The van der Waals surface area contributed by atoms with Crippen LogP contribution in [0.15, 0.2) is 58.4 Å². The molecular formula is C22H23IN2O3. The number of methoxy groups -OCH3 is 2. The minimum atomic E-state index is -0.0811. The first-order valence-electron chi connectivity index (χ1n) is 8.85. The van der Waals surface area contributed by atoms with Gasteiger partial charge in [0.25, 0.3) is 0 Å². The van der Waals surface area contributed by atoms with Crippen molar-refractivity contribution in [1.82, 2.24) is 4.57 Å². The predicted molar refractivity (Wildman–Crippen MR) is 121 cm³/mol. The molecule has 0 aliphatic heterocycles. The molecule has 0 unspecified atom stereocenters. The number of carbonyl (C=O) groups excluding carboxylic acids is 1. The van der Waals surface area contributed by atoms with Crippen LogP contribution in [0.1, 0.15) is 12.5 Å². The Labute approximate surface area is 178 Å². The monoisotopic (exact) mass is 490 g/mol. The second kappa shape index (κ2) is 8.68. The van der Waals surface area contributed by atoms with Gasteiger partial charge in [0.15, 0.2) is 0 Å². The predicted octanol–water partition coefficient (Wildman–Crippen LogP) is 5.07. The summed E-state index contributed by atoms with van der Waals surface area (Å²) in [6, 6.07) is 13.8. The number of fused-ring (bicyclic) bond motifs is 1. The first-order valence-corrected chi connectivity index (χ1v) is 9.92. The standard InChI is InChI=1S/C22H23IN2O3/c1-15(26)25(18-10-19(27-3)12-20(11-18)28-4)14-17(23)9-16-13-24(2)22-8-6-5-7-21(16)22/h5-8,10-14H,9H2,1-4H3/b17-14-. The third-order valence-corrected chi connectivity index (χ3v) is 5.22. The van der Waals surface area contributed by atoms with Crippen molar-refractivity contribution in [3.63, 3.8) is 0 Å². The maximum atomic E-state index is 12.3. The van der Waals surface area contributed by atoms with Gasteiger partial charge in [-0.2, -0.15) is 0 Å². The van der Waals surface area contributed by atoms with E-state index >= 15 is 0 Å². The SMILES string of the molecule is COc1cc(OC)cc(N(/C=C(\I)Cc2cn(C)c3ccccc23)C(C)=O)c1. The Balaban J connectivity index is 1.95. The number of carbonyl (C=O) groups is 1. The van der Waals surface area contributed by atoms with Crippen molar-refractivity contribution in [1.29, 1.82) is 0 Å². The van der Waals surface area contributed by atoms with E-state index < -0.39 is 0 Å². The van der Waals surface area contributed by atoms with E-state index in [1.54, 1.807) is 32.1 Å². The molecule has 146 valence electrons. The Morgan fingerprint density at radius 2 is 1.79 bits per heavy atom. The second-order valence-corrected chi connectivity index (χ2v) is 7.88. The number of rotatable bonds is 6. The van der Waals surface area contributed by atoms with E-state index in [4.69, 9.17) is 9.47 Å². The Morgan fingerprint density at radius 3 is 2.39 bits per heavy atom. The fourth-order valence-corrected chi connectivity index (χ4v) is 3.90. The molecule has 0 aliphatic carbocycles. The number of amides is 1. The third-order valence-electron chi connectivity index (χ3n) is 4.56. The van der Waals surface area contributed by atoms with Crippen LogP contribution >= 0.6 is 22.6 Å². The summed E-state index contributed by atoms with van der Waals surface area (Å²) in [6.45, 7) is 1.55. The fourth-order valence-electron chi connectivity index (χ4n) is 3.21. The molecule has 3 aromatic rings. The molecule has 1 heterocycles. The number of halogens is 1. The van der Waals surface area contributed by atoms with Crippen molar-refractivity contribution in [3.05, 3.63) is 64.0 Å². The average molecular weight is 490 g/mol. The molecule has 28 heavy (non-hydrogen) atoms. The first-order chi connectivity index (χ1) is 13.4. The zero-order chi connectivity index (χ0) is 20.3. The minimum absolute atomic E-state index is 0.0811. The number of hydrogen-bond donors (Lipinski definition) is 0. The number of aromatic nitrogens is 1. The number of ether oxygens (including phenoxy) is 2.